The average Bonchev–Trinajstić information content (AvgIpc) is 2.96. The topological polar surface area (TPSA) is 105 Å². The Bertz CT molecular complexity index is 1560. The molecule has 0 radical (unpaired) electrons. The Hall–Kier alpha value is -3.76. The van der Waals surface area contributed by atoms with Crippen LogP contribution in [-0.4, -0.2) is 62.7 Å². The van der Waals surface area contributed by atoms with Crippen molar-refractivity contribution in [1.82, 2.24) is 10.2 Å². The Morgan fingerprint density at radius 3 is 2.27 bits per heavy atom. The summed E-state index contributed by atoms with van der Waals surface area (Å²) in [7, 11) is -3.68. The van der Waals surface area contributed by atoms with Gasteiger partial charge in [-0.05, 0) is 56.5 Å². The Morgan fingerprint density at radius 2 is 1.61 bits per heavy atom. The summed E-state index contributed by atoms with van der Waals surface area (Å²) in [4.78, 5) is 29.3. The van der Waals surface area contributed by atoms with Crippen molar-refractivity contribution in [2.45, 2.75) is 58.2 Å². The minimum atomic E-state index is -3.68. The molecule has 1 aliphatic heterocycles. The highest BCUT2D eigenvalue weighted by atomic mass is 35.5. The molecule has 1 N–H and O–H groups in total. The van der Waals surface area contributed by atoms with E-state index < -0.39 is 21.6 Å². The zero-order chi connectivity index (χ0) is 31.9. The van der Waals surface area contributed by atoms with E-state index in [0.717, 1.165) is 11.8 Å². The first-order valence-corrected chi connectivity index (χ1v) is 16.8. The molecule has 1 heterocycles. The van der Waals surface area contributed by atoms with Crippen molar-refractivity contribution in [3.8, 4) is 11.5 Å². The summed E-state index contributed by atoms with van der Waals surface area (Å²) >= 11 is 6.51. The molecular weight excluding hydrogens is 602 g/mol. The van der Waals surface area contributed by atoms with Crippen molar-refractivity contribution in [2.75, 3.05) is 30.3 Å². The Balaban J connectivity index is 1.60. The highest BCUT2D eigenvalue weighted by molar-refractivity contribution is 7.92. The molecule has 4 rings (SSSR count). The number of halogens is 1. The summed E-state index contributed by atoms with van der Waals surface area (Å²) in [6.45, 7) is 6.65. The molecule has 3 aromatic rings. The van der Waals surface area contributed by atoms with Gasteiger partial charge in [0.1, 0.15) is 19.3 Å². The lowest BCUT2D eigenvalue weighted by atomic mass is 10.00. The quantitative estimate of drug-likeness (QED) is 0.291. The summed E-state index contributed by atoms with van der Waals surface area (Å²) in [5.74, 6) is 0.455. The van der Waals surface area contributed by atoms with Gasteiger partial charge in [0.25, 0.3) is 0 Å². The molecule has 0 saturated carbocycles. The minimum absolute atomic E-state index is 0.00904. The zero-order valence-corrected chi connectivity index (χ0v) is 27.2. The summed E-state index contributed by atoms with van der Waals surface area (Å²) in [5, 5.41) is 3.53. The number of anilines is 1. The summed E-state index contributed by atoms with van der Waals surface area (Å²) in [6.07, 6.45) is 1.65. The summed E-state index contributed by atoms with van der Waals surface area (Å²) < 4.78 is 38.1. The highest BCUT2D eigenvalue weighted by Gasteiger charge is 2.32. The fourth-order valence-corrected chi connectivity index (χ4v) is 6.16. The Labute approximate surface area is 265 Å². The van der Waals surface area contributed by atoms with Crippen LogP contribution < -0.4 is 19.1 Å². The monoisotopic (exact) mass is 641 g/mol. The van der Waals surface area contributed by atoms with Gasteiger partial charge in [0.05, 0.1) is 11.9 Å². The maximum atomic E-state index is 14.0. The number of nitrogens with one attached hydrogen (secondary N) is 1. The van der Waals surface area contributed by atoms with Gasteiger partial charge in [-0.15, -0.1) is 0 Å². The molecule has 1 unspecified atom stereocenters. The molecule has 2 amide bonds. The molecule has 1 aliphatic rings. The Morgan fingerprint density at radius 1 is 0.955 bits per heavy atom. The minimum Gasteiger partial charge on any atom is -0.486 e. The van der Waals surface area contributed by atoms with E-state index in [4.69, 9.17) is 21.1 Å². The second kappa shape index (κ2) is 14.3. The molecule has 1 atom stereocenters. The Kier molecular flexibility index (Phi) is 10.8. The van der Waals surface area contributed by atoms with Crippen molar-refractivity contribution in [3.05, 3.63) is 88.9 Å². The molecule has 0 spiro atoms. The molecule has 0 aliphatic carbocycles. The van der Waals surface area contributed by atoms with E-state index in [1.165, 1.54) is 4.31 Å². The van der Waals surface area contributed by atoms with Gasteiger partial charge < -0.3 is 19.7 Å². The first-order valence-electron chi connectivity index (χ1n) is 14.6. The smallest absolute Gasteiger partial charge is 0.243 e. The largest absolute Gasteiger partial charge is 0.486 e. The lowest BCUT2D eigenvalue weighted by Gasteiger charge is -2.34. The van der Waals surface area contributed by atoms with Gasteiger partial charge in [-0.2, -0.15) is 0 Å². The summed E-state index contributed by atoms with van der Waals surface area (Å²) in [5.41, 5.74) is 1.51. The number of rotatable bonds is 12. The normalized spacial score (nSPS) is 13.6. The molecule has 9 nitrogen and oxygen atoms in total. The van der Waals surface area contributed by atoms with E-state index >= 15 is 0 Å². The van der Waals surface area contributed by atoms with Crippen molar-refractivity contribution < 1.29 is 27.5 Å². The molecule has 0 fully saturated rings. The third-order valence-corrected chi connectivity index (χ3v) is 8.60. The van der Waals surface area contributed by atoms with Crippen LogP contribution in [0.2, 0.25) is 5.02 Å². The standard InChI is InChI=1S/C33H40ClN3O6S/c1-33(2,3)35-32(39)28(21-24-11-6-5-7-12-24)36(23-25-13-8-9-14-27(25)34)31(38)15-10-18-37(44(4,40)41)26-16-17-29-30(22-26)43-20-19-42-29/h5-9,11-14,16-17,22,28H,10,15,18-21,23H2,1-4H3,(H,35,39). The molecule has 0 saturated heterocycles. The SMILES string of the molecule is CC(C)(C)NC(=O)C(Cc1ccccc1)N(Cc1ccccc1Cl)C(=O)CCCN(c1ccc2c(c1)OCCO2)S(C)(=O)=O. The van der Waals surface area contributed by atoms with Crippen LogP contribution in [0.4, 0.5) is 5.69 Å². The maximum Gasteiger partial charge on any atom is 0.243 e. The van der Waals surface area contributed by atoms with Crippen LogP contribution >= 0.6 is 11.6 Å². The van der Waals surface area contributed by atoms with Crippen LogP contribution in [0.15, 0.2) is 72.8 Å². The first-order chi connectivity index (χ1) is 20.8. The van der Waals surface area contributed by atoms with E-state index in [9.17, 15) is 18.0 Å². The highest BCUT2D eigenvalue weighted by Crippen LogP contribution is 2.35. The van der Waals surface area contributed by atoms with Gasteiger partial charge in [-0.3, -0.25) is 13.9 Å². The van der Waals surface area contributed by atoms with Crippen LogP contribution in [0.1, 0.15) is 44.7 Å². The molecule has 0 aromatic heterocycles. The molecule has 3 aromatic carbocycles. The van der Waals surface area contributed by atoms with E-state index in [0.29, 0.717) is 47.4 Å². The number of nitrogens with zero attached hydrogens (tertiary/aromatic N) is 2. The van der Waals surface area contributed by atoms with Crippen molar-refractivity contribution in [2.24, 2.45) is 0 Å². The van der Waals surface area contributed by atoms with Gasteiger partial charge in [0.2, 0.25) is 21.8 Å². The van der Waals surface area contributed by atoms with E-state index in [1.807, 2.05) is 69.3 Å². The number of hydrogen-bond acceptors (Lipinski definition) is 6. The second-order valence-corrected chi connectivity index (χ2v) is 14.1. The van der Waals surface area contributed by atoms with E-state index in [2.05, 4.69) is 5.32 Å². The van der Waals surface area contributed by atoms with E-state index in [-0.39, 0.29) is 37.7 Å². The summed E-state index contributed by atoms with van der Waals surface area (Å²) in [6, 6.07) is 20.9. The lowest BCUT2D eigenvalue weighted by Crippen LogP contribution is -2.54. The average molecular weight is 642 g/mol. The molecule has 11 heteroatoms. The first kappa shape index (κ1) is 33.1. The predicted molar refractivity (Wildman–Crippen MR) is 173 cm³/mol. The molecule has 236 valence electrons. The van der Waals surface area contributed by atoms with Crippen LogP contribution in [-0.2, 0) is 32.6 Å². The molecule has 44 heavy (non-hydrogen) atoms. The number of amides is 2. The fraction of sp³-hybridized carbons (Fsp3) is 0.394. The lowest BCUT2D eigenvalue weighted by molar-refractivity contribution is -0.142. The number of ether oxygens (including phenoxy) is 2. The molecule has 0 bridgehead atoms. The van der Waals surface area contributed by atoms with E-state index in [1.54, 1.807) is 29.2 Å². The van der Waals surface area contributed by atoms with Gasteiger partial charge in [-0.25, -0.2) is 8.42 Å². The predicted octanol–water partition coefficient (Wildman–Crippen LogP) is 5.21. The van der Waals surface area contributed by atoms with Crippen LogP contribution in [0.3, 0.4) is 0 Å². The third kappa shape index (κ3) is 9.12. The number of hydrogen-bond donors (Lipinski definition) is 1. The number of carbonyl (C=O) groups is 2. The van der Waals surface area contributed by atoms with Crippen LogP contribution in [0.5, 0.6) is 11.5 Å². The number of benzene rings is 3. The number of sulfonamides is 1. The third-order valence-electron chi connectivity index (χ3n) is 7.03. The van der Waals surface area contributed by atoms with Gasteiger partial charge in [0, 0.05) is 42.6 Å². The fourth-order valence-electron chi connectivity index (χ4n) is 5.01. The van der Waals surface area contributed by atoms with Crippen molar-refractivity contribution in [3.63, 3.8) is 0 Å². The van der Waals surface area contributed by atoms with Crippen LogP contribution in [0.25, 0.3) is 0 Å². The zero-order valence-electron chi connectivity index (χ0n) is 25.6. The molecular formula is C33H40ClN3O6S. The maximum absolute atomic E-state index is 14.0. The van der Waals surface area contributed by atoms with Gasteiger partial charge in [-0.1, -0.05) is 60.1 Å². The van der Waals surface area contributed by atoms with Crippen molar-refractivity contribution >= 4 is 39.1 Å². The second-order valence-electron chi connectivity index (χ2n) is 11.8. The number of fused-ring (bicyclic) bond motifs is 1. The van der Waals surface area contributed by atoms with Crippen LogP contribution in [0, 0.1) is 0 Å². The van der Waals surface area contributed by atoms with Gasteiger partial charge in [0.15, 0.2) is 11.5 Å². The van der Waals surface area contributed by atoms with Crippen molar-refractivity contribution in [1.29, 1.82) is 0 Å². The van der Waals surface area contributed by atoms with Gasteiger partial charge >= 0.3 is 0 Å². The number of carbonyl (C=O) groups excluding carboxylic acids is 2.